The Balaban J connectivity index is 1.63. The number of aromatic amines is 1. The zero-order valence-electron chi connectivity index (χ0n) is 18.0. The summed E-state index contributed by atoms with van der Waals surface area (Å²) in [5.74, 6) is 0.603. The Morgan fingerprint density at radius 2 is 1.81 bits per heavy atom. The van der Waals surface area contributed by atoms with Gasteiger partial charge in [-0.05, 0) is 43.2 Å². The predicted molar refractivity (Wildman–Crippen MR) is 122 cm³/mol. The lowest BCUT2D eigenvalue weighted by molar-refractivity contribution is -0.0443. The van der Waals surface area contributed by atoms with Crippen molar-refractivity contribution < 1.29 is 17.9 Å². The van der Waals surface area contributed by atoms with Gasteiger partial charge in [-0.15, -0.1) is 0 Å². The Hall–Kier alpha value is -2.39. The summed E-state index contributed by atoms with van der Waals surface area (Å²) in [7, 11) is -2.01. The van der Waals surface area contributed by atoms with E-state index in [9.17, 15) is 8.42 Å². The minimum absolute atomic E-state index is 0.133. The van der Waals surface area contributed by atoms with Crippen LogP contribution in [0.25, 0.3) is 10.9 Å². The molecule has 1 aliphatic rings. The molecule has 2 aromatic carbocycles. The quantitative estimate of drug-likeness (QED) is 0.587. The van der Waals surface area contributed by atoms with E-state index in [1.165, 1.54) is 4.31 Å². The topological polar surface area (TPSA) is 83.7 Å². The molecule has 3 aromatic rings. The van der Waals surface area contributed by atoms with Gasteiger partial charge in [-0.2, -0.15) is 12.7 Å². The van der Waals surface area contributed by atoms with Crippen LogP contribution < -0.4 is 9.46 Å². The molecule has 0 saturated carbocycles. The third-order valence-electron chi connectivity index (χ3n) is 5.71. The first kappa shape index (κ1) is 21.8. The van der Waals surface area contributed by atoms with Gasteiger partial charge in [0.2, 0.25) is 0 Å². The fourth-order valence-electron chi connectivity index (χ4n) is 4.23. The van der Waals surface area contributed by atoms with Gasteiger partial charge in [0.1, 0.15) is 5.75 Å². The number of H-pyrrole nitrogens is 1. The van der Waals surface area contributed by atoms with Crippen LogP contribution in [0.2, 0.25) is 0 Å². The number of morpholine rings is 1. The molecule has 1 aromatic heterocycles. The van der Waals surface area contributed by atoms with E-state index < -0.39 is 10.2 Å². The third-order valence-corrected chi connectivity index (χ3v) is 7.22. The molecule has 31 heavy (non-hydrogen) atoms. The summed E-state index contributed by atoms with van der Waals surface area (Å²) in [6.45, 7) is 4.73. The van der Waals surface area contributed by atoms with E-state index in [2.05, 4.69) is 15.8 Å². The number of methoxy groups -OCH3 is 1. The number of fused-ring (bicyclic) bond motifs is 1. The van der Waals surface area contributed by atoms with Crippen LogP contribution in [-0.2, 0) is 14.9 Å². The van der Waals surface area contributed by atoms with Crippen LogP contribution in [0.5, 0.6) is 5.75 Å². The van der Waals surface area contributed by atoms with E-state index in [4.69, 9.17) is 9.47 Å². The van der Waals surface area contributed by atoms with E-state index >= 15 is 0 Å². The molecule has 4 rings (SSSR count). The molecule has 0 bridgehead atoms. The lowest BCUT2D eigenvalue weighted by Gasteiger charge is -2.34. The van der Waals surface area contributed by atoms with Gasteiger partial charge in [0.05, 0.1) is 19.3 Å². The van der Waals surface area contributed by atoms with E-state index in [0.29, 0.717) is 13.1 Å². The van der Waals surface area contributed by atoms with Gasteiger partial charge in [0, 0.05) is 42.7 Å². The summed E-state index contributed by atoms with van der Waals surface area (Å²) in [5, 5.41) is 1.08. The Morgan fingerprint density at radius 1 is 1.13 bits per heavy atom. The van der Waals surface area contributed by atoms with Crippen molar-refractivity contribution >= 4 is 21.1 Å². The number of rotatable bonds is 7. The van der Waals surface area contributed by atoms with Crippen LogP contribution in [0, 0.1) is 0 Å². The van der Waals surface area contributed by atoms with Crippen molar-refractivity contribution in [3.63, 3.8) is 0 Å². The summed E-state index contributed by atoms with van der Waals surface area (Å²) >= 11 is 0. The van der Waals surface area contributed by atoms with Gasteiger partial charge in [-0.3, -0.25) is 0 Å². The highest BCUT2D eigenvalue weighted by Gasteiger charge is 2.31. The minimum atomic E-state index is -3.64. The van der Waals surface area contributed by atoms with Gasteiger partial charge in [-0.1, -0.05) is 30.3 Å². The Labute approximate surface area is 183 Å². The third kappa shape index (κ3) is 4.77. The van der Waals surface area contributed by atoms with Gasteiger partial charge in [-0.25, -0.2) is 4.72 Å². The predicted octanol–water partition coefficient (Wildman–Crippen LogP) is 3.25. The van der Waals surface area contributed by atoms with Crippen molar-refractivity contribution in [3.05, 3.63) is 65.9 Å². The molecule has 0 spiro atoms. The Morgan fingerprint density at radius 3 is 2.48 bits per heavy atom. The summed E-state index contributed by atoms with van der Waals surface area (Å²) in [6.07, 6.45) is 1.70. The molecule has 2 heterocycles. The molecule has 0 unspecified atom stereocenters. The largest absolute Gasteiger partial charge is 0.497 e. The number of nitrogens with one attached hydrogen (secondary N) is 2. The van der Waals surface area contributed by atoms with Gasteiger partial charge in [0.15, 0.2) is 0 Å². The Bertz CT molecular complexity index is 1120. The van der Waals surface area contributed by atoms with Crippen molar-refractivity contribution in [2.75, 3.05) is 26.7 Å². The fraction of sp³-hybridized carbons (Fsp3) is 0.391. The van der Waals surface area contributed by atoms with Crippen LogP contribution in [0.15, 0.2) is 54.7 Å². The molecule has 1 saturated heterocycles. The second kappa shape index (κ2) is 9.00. The number of hydrogen-bond acceptors (Lipinski definition) is 4. The number of para-hydroxylation sites is 1. The number of nitrogens with zero attached hydrogens (tertiary/aromatic N) is 1. The first-order valence-corrected chi connectivity index (χ1v) is 11.9. The molecule has 166 valence electrons. The van der Waals surface area contributed by atoms with Gasteiger partial charge in [0.25, 0.3) is 10.2 Å². The summed E-state index contributed by atoms with van der Waals surface area (Å²) in [5.41, 5.74) is 3.08. The Kier molecular flexibility index (Phi) is 6.34. The highest BCUT2D eigenvalue weighted by atomic mass is 32.2. The van der Waals surface area contributed by atoms with Gasteiger partial charge < -0.3 is 14.5 Å². The second-order valence-corrected chi connectivity index (χ2v) is 9.80. The minimum Gasteiger partial charge on any atom is -0.497 e. The first-order chi connectivity index (χ1) is 14.9. The fourth-order valence-corrected chi connectivity index (χ4v) is 5.60. The van der Waals surface area contributed by atoms with E-state index in [1.807, 2.05) is 62.5 Å². The maximum atomic E-state index is 13.1. The highest BCUT2D eigenvalue weighted by molar-refractivity contribution is 7.87. The molecule has 8 heteroatoms. The smallest absolute Gasteiger partial charge is 0.279 e. The van der Waals surface area contributed by atoms with Crippen molar-refractivity contribution in [2.45, 2.75) is 32.0 Å². The molecule has 0 radical (unpaired) electrons. The molecular formula is C23H29N3O4S. The number of benzene rings is 2. The highest BCUT2D eigenvalue weighted by Crippen LogP contribution is 2.31. The van der Waals surface area contributed by atoms with Gasteiger partial charge >= 0.3 is 0 Å². The maximum absolute atomic E-state index is 13.1. The SMILES string of the molecule is COc1ccc([C@H](CNS(=O)(=O)N2C[C@@H](C)O[C@@H](C)C2)c2c[nH]c3ccccc23)cc1. The average Bonchev–Trinajstić information content (AvgIpc) is 3.18. The second-order valence-electron chi connectivity index (χ2n) is 8.04. The molecule has 3 atom stereocenters. The van der Waals surface area contributed by atoms with Crippen LogP contribution in [0.1, 0.15) is 30.9 Å². The molecule has 0 amide bonds. The zero-order chi connectivity index (χ0) is 22.0. The summed E-state index contributed by atoms with van der Waals surface area (Å²) < 4.78 is 41.5. The van der Waals surface area contributed by atoms with Crippen LogP contribution >= 0.6 is 0 Å². The van der Waals surface area contributed by atoms with E-state index in [-0.39, 0.29) is 24.7 Å². The lowest BCUT2D eigenvalue weighted by Crippen LogP contribution is -2.52. The molecule has 0 aliphatic carbocycles. The zero-order valence-corrected chi connectivity index (χ0v) is 18.9. The number of ether oxygens (including phenoxy) is 2. The van der Waals surface area contributed by atoms with Crippen molar-refractivity contribution in [1.29, 1.82) is 0 Å². The van der Waals surface area contributed by atoms with Crippen LogP contribution in [0.3, 0.4) is 0 Å². The average molecular weight is 444 g/mol. The van der Waals surface area contributed by atoms with Crippen molar-refractivity contribution in [3.8, 4) is 5.75 Å². The molecule has 1 fully saturated rings. The van der Waals surface area contributed by atoms with E-state index in [1.54, 1.807) is 7.11 Å². The van der Waals surface area contributed by atoms with Crippen LogP contribution in [0.4, 0.5) is 0 Å². The lowest BCUT2D eigenvalue weighted by atomic mass is 9.91. The first-order valence-electron chi connectivity index (χ1n) is 10.5. The summed E-state index contributed by atoms with van der Waals surface area (Å²) in [4.78, 5) is 3.30. The monoisotopic (exact) mass is 443 g/mol. The van der Waals surface area contributed by atoms with Crippen molar-refractivity contribution in [1.82, 2.24) is 14.0 Å². The molecular weight excluding hydrogens is 414 g/mol. The molecule has 2 N–H and O–H groups in total. The number of aromatic nitrogens is 1. The van der Waals surface area contributed by atoms with Crippen LogP contribution in [-0.4, -0.2) is 56.7 Å². The standard InChI is InChI=1S/C23H29N3O4S/c1-16-14-26(15-17(2)30-16)31(27,28)25-13-21(18-8-10-19(29-3)11-9-18)22-12-24-23-7-5-4-6-20(22)23/h4-12,16-17,21,24-25H,13-15H2,1-3H3/t16-,17+,21-/m0/s1. The maximum Gasteiger partial charge on any atom is 0.279 e. The van der Waals surface area contributed by atoms with Crippen molar-refractivity contribution in [2.24, 2.45) is 0 Å². The molecule has 7 nitrogen and oxygen atoms in total. The normalized spacial score (nSPS) is 21.3. The molecule has 1 aliphatic heterocycles. The number of hydrogen-bond donors (Lipinski definition) is 2. The van der Waals surface area contributed by atoms with E-state index in [0.717, 1.165) is 27.8 Å². The summed E-state index contributed by atoms with van der Waals surface area (Å²) in [6, 6.07) is 15.8.